The molecule has 2 aliphatic heterocycles. The predicted octanol–water partition coefficient (Wildman–Crippen LogP) is 3.14. The van der Waals surface area contributed by atoms with Crippen molar-refractivity contribution in [1.82, 2.24) is 30.2 Å². The number of ether oxygens (including phenoxy) is 3. The molecule has 2 aromatic rings. The van der Waals surface area contributed by atoms with Gasteiger partial charge in [-0.25, -0.2) is 28.6 Å². The molecule has 13 atom stereocenters. The van der Waals surface area contributed by atoms with Crippen LogP contribution in [0, 0.1) is 5.41 Å². The Morgan fingerprint density at radius 2 is 1.46 bits per heavy atom. The van der Waals surface area contributed by atoms with Crippen LogP contribution in [-0.4, -0.2) is 175 Å². The Hall–Kier alpha value is -2.64. The van der Waals surface area contributed by atoms with Gasteiger partial charge < -0.3 is 75.7 Å². The van der Waals surface area contributed by atoms with Gasteiger partial charge in [0.05, 0.1) is 44.0 Å². The third kappa shape index (κ3) is 24.6. The van der Waals surface area contributed by atoms with E-state index in [1.54, 1.807) is 6.92 Å². The van der Waals surface area contributed by atoms with E-state index < -0.39 is 109 Å². The number of nitrogen functional groups attached to an aromatic ring is 1. The minimum Gasteiger partial charge on any atom is -0.393 e. The van der Waals surface area contributed by atoms with Gasteiger partial charge in [0.15, 0.2) is 29.1 Å². The molecular weight excluding hydrogens is 1130 g/mol. The lowest BCUT2D eigenvalue weighted by Gasteiger charge is -2.36. The van der Waals surface area contributed by atoms with Gasteiger partial charge in [-0.3, -0.25) is 32.5 Å². The highest BCUT2D eigenvalue weighted by Gasteiger charge is 2.50. The summed E-state index contributed by atoms with van der Waals surface area (Å²) in [5.41, 5.74) is 4.24. The minimum absolute atomic E-state index is 0.00201. The van der Waals surface area contributed by atoms with E-state index in [0.717, 1.165) is 73.9 Å². The molecule has 454 valence electrons. The van der Waals surface area contributed by atoms with Crippen molar-refractivity contribution in [2.75, 3.05) is 37.8 Å². The number of unbranched alkanes of at least 4 members (excludes halogenated alkanes) is 11. The van der Waals surface area contributed by atoms with Gasteiger partial charge in [-0.2, -0.15) is 4.31 Å². The van der Waals surface area contributed by atoms with Crippen LogP contribution in [0.25, 0.3) is 11.2 Å². The molecule has 4 heterocycles. The van der Waals surface area contributed by atoms with Crippen LogP contribution in [0.4, 0.5) is 5.82 Å². The maximum absolute atomic E-state index is 12.8. The second-order valence-corrected chi connectivity index (χ2v) is 25.9. The Morgan fingerprint density at radius 1 is 0.848 bits per heavy atom. The van der Waals surface area contributed by atoms with Crippen LogP contribution in [0.2, 0.25) is 0 Å². The van der Waals surface area contributed by atoms with Crippen molar-refractivity contribution in [3.8, 4) is 0 Å². The van der Waals surface area contributed by atoms with Crippen molar-refractivity contribution in [1.29, 1.82) is 0 Å². The average Bonchev–Trinajstić information content (AvgIpc) is 4.00. The van der Waals surface area contributed by atoms with Crippen LogP contribution in [0.5, 0.6) is 0 Å². The van der Waals surface area contributed by atoms with E-state index in [-0.39, 0.29) is 72.4 Å². The third-order valence-electron chi connectivity index (χ3n) is 13.1. The summed E-state index contributed by atoms with van der Waals surface area (Å²) < 4.78 is 74.0. The number of hydrogen-bond acceptors (Lipinski definition) is 23. The van der Waals surface area contributed by atoms with Crippen molar-refractivity contribution in [3.63, 3.8) is 0 Å². The number of carbonyl (C=O) groups excluding carboxylic acids is 3. The molecule has 0 radical (unpaired) electrons. The number of carbonyl (C=O) groups is 3. The molecule has 79 heavy (non-hydrogen) atoms. The summed E-state index contributed by atoms with van der Waals surface area (Å²) in [5, 5.41) is 56.7. The predicted molar refractivity (Wildman–Crippen MR) is 284 cm³/mol. The maximum atomic E-state index is 12.8. The van der Waals surface area contributed by atoms with Gasteiger partial charge in [0.2, 0.25) is 11.8 Å². The summed E-state index contributed by atoms with van der Waals surface area (Å²) in [5.74, 6) is -1.27. The van der Waals surface area contributed by atoms with Gasteiger partial charge in [0.25, 0.3) is 0 Å². The van der Waals surface area contributed by atoms with Crippen LogP contribution in [0.15, 0.2) is 12.7 Å². The van der Waals surface area contributed by atoms with Gasteiger partial charge in [-0.1, -0.05) is 103 Å². The average molecular weight is 1210 g/mol. The molecule has 0 saturated carbocycles. The lowest BCUT2D eigenvalue weighted by Crippen LogP contribution is -2.48. The zero-order valence-electron chi connectivity index (χ0n) is 45.0. The number of nitrogens with one attached hydrogen (secondary N) is 2. The number of aliphatic hydroxyl groups excluding tert-OH is 5. The SMILES string of the molecule is C[C@H](CCCCCCCCCCCCCC[C@@H](O)CC(=O)SCCNC(=O)CCNC(=O)[C@H](O)C(C)(C)COP(=O)(O)OP(=O)(O)OC[C@H]1O[C@@H](n2cnc3c(N)ncnc32)[C@H](O)[C@@H]1OP(=O)(O)O)O[C@@H]1O[C@@H](C)[C@H](O)C[C@H]1O. The fourth-order valence-corrected chi connectivity index (χ4v) is 12.2. The van der Waals surface area contributed by atoms with Gasteiger partial charge in [-0.15, -0.1) is 0 Å². The zero-order chi connectivity index (χ0) is 58.6. The number of aromatic nitrogens is 4. The fourth-order valence-electron chi connectivity index (χ4n) is 8.59. The van der Waals surface area contributed by atoms with Crippen LogP contribution in [0.3, 0.4) is 0 Å². The molecule has 2 aliphatic rings. The number of nitrogens with two attached hydrogens (primary N) is 1. The highest BCUT2D eigenvalue weighted by Crippen LogP contribution is 2.61. The van der Waals surface area contributed by atoms with E-state index in [0.29, 0.717) is 6.42 Å². The van der Waals surface area contributed by atoms with Crippen LogP contribution in [-0.2, 0) is 60.2 Å². The van der Waals surface area contributed by atoms with Gasteiger partial charge in [-0.05, 0) is 26.7 Å². The number of hydrogen-bond donors (Lipinski definition) is 12. The van der Waals surface area contributed by atoms with Crippen molar-refractivity contribution >= 4 is 69.1 Å². The molecule has 0 bridgehead atoms. The Bertz CT molecular complexity index is 2360. The molecule has 0 aliphatic carbocycles. The molecular formula is C46H82N7O22P3S. The number of fused-ring (bicyclic) bond motifs is 1. The first-order valence-corrected chi connectivity index (χ1v) is 32.0. The smallest absolute Gasteiger partial charge is 0.393 e. The van der Waals surface area contributed by atoms with Gasteiger partial charge in [0, 0.05) is 43.5 Å². The normalized spacial score (nSPS) is 24.6. The molecule has 33 heteroatoms. The number of phosphoric acid groups is 3. The van der Waals surface area contributed by atoms with Crippen molar-refractivity contribution in [2.45, 2.75) is 204 Å². The first kappa shape index (κ1) is 68.9. The standard InChI is InChI=1S/C46H82N7O22P3S/c1-29(71-45-33(56)24-32(55)30(2)72-45)17-15-13-11-9-7-5-6-8-10-12-14-16-18-31(54)23-36(58)79-22-21-48-35(57)19-20-49-43(61)40(60)46(3,4)26-70-78(67,68)75-77(65,66)69-25-34-39(74-76(62,63)64)38(59)44(73-34)53-28-52-37-41(47)50-27-51-42(37)53/h27-34,38-40,44-45,54-56,59-60H,5-26H2,1-4H3,(H,48,57)(H,49,61)(H,65,66)(H,67,68)(H2,47,50,51)(H2,62,63,64)/t29-,30+,31-,32-,33-,34-,38-,39-,40+,44-,45-/m1/s1. The molecule has 4 rings (SSSR count). The largest absolute Gasteiger partial charge is 0.481 e. The molecule has 13 N–H and O–H groups in total. The zero-order valence-corrected chi connectivity index (χ0v) is 48.5. The Labute approximate surface area is 463 Å². The number of imidazole rings is 1. The van der Waals surface area contributed by atoms with Gasteiger partial charge >= 0.3 is 23.5 Å². The number of nitrogens with zero attached hydrogens (tertiary/aromatic N) is 4. The van der Waals surface area contributed by atoms with E-state index in [1.165, 1.54) is 52.4 Å². The Kier molecular flexibility index (Phi) is 28.8. The molecule has 0 aromatic carbocycles. The molecule has 2 amide bonds. The van der Waals surface area contributed by atoms with Crippen molar-refractivity contribution in [3.05, 3.63) is 12.7 Å². The van der Waals surface area contributed by atoms with E-state index in [1.807, 2.05) is 6.92 Å². The third-order valence-corrected chi connectivity index (χ3v) is 17.1. The molecule has 2 fully saturated rings. The molecule has 2 saturated heterocycles. The monoisotopic (exact) mass is 1210 g/mol. The minimum atomic E-state index is -5.60. The highest BCUT2D eigenvalue weighted by atomic mass is 32.2. The maximum Gasteiger partial charge on any atom is 0.481 e. The van der Waals surface area contributed by atoms with E-state index >= 15 is 0 Å². The lowest BCUT2D eigenvalue weighted by atomic mass is 9.87. The van der Waals surface area contributed by atoms with E-state index in [9.17, 15) is 73.2 Å². The Morgan fingerprint density at radius 3 is 2.09 bits per heavy atom. The topological polar surface area (TPSA) is 443 Å². The Balaban J connectivity index is 0.995. The summed E-state index contributed by atoms with van der Waals surface area (Å²) in [6.07, 6.45) is 4.67. The number of phosphoric ester groups is 3. The number of amides is 2. The number of rotatable bonds is 38. The van der Waals surface area contributed by atoms with Gasteiger partial charge in [0.1, 0.15) is 42.4 Å². The second-order valence-electron chi connectivity index (χ2n) is 20.5. The quantitative estimate of drug-likeness (QED) is 0.0339. The second kappa shape index (κ2) is 33.0. The summed E-state index contributed by atoms with van der Waals surface area (Å²) in [7, 11) is -16.5. The van der Waals surface area contributed by atoms with E-state index in [2.05, 4.69) is 34.4 Å². The highest BCUT2D eigenvalue weighted by molar-refractivity contribution is 8.13. The molecule has 2 aromatic heterocycles. The first-order chi connectivity index (χ1) is 37.1. The lowest BCUT2D eigenvalue weighted by molar-refractivity contribution is -0.273. The summed E-state index contributed by atoms with van der Waals surface area (Å²) in [4.78, 5) is 88.7. The van der Waals surface area contributed by atoms with Crippen molar-refractivity contribution < 1.29 is 105 Å². The molecule has 29 nitrogen and oxygen atoms in total. The summed E-state index contributed by atoms with van der Waals surface area (Å²) in [6, 6.07) is 0. The molecule has 0 spiro atoms. The van der Waals surface area contributed by atoms with Crippen LogP contribution < -0.4 is 16.4 Å². The fraction of sp³-hybridized carbons (Fsp3) is 0.826. The van der Waals surface area contributed by atoms with Crippen LogP contribution in [0.1, 0.15) is 143 Å². The van der Waals surface area contributed by atoms with E-state index in [4.69, 9.17) is 29.0 Å². The number of aliphatic hydroxyl groups is 5. The van der Waals surface area contributed by atoms with Crippen molar-refractivity contribution in [2.24, 2.45) is 5.41 Å². The molecule has 2 unspecified atom stereocenters. The first-order valence-electron chi connectivity index (χ1n) is 26.5. The summed E-state index contributed by atoms with van der Waals surface area (Å²) >= 11 is 0.984. The summed E-state index contributed by atoms with van der Waals surface area (Å²) in [6.45, 7) is 4.11. The van der Waals surface area contributed by atoms with Crippen LogP contribution >= 0.6 is 35.2 Å². The number of anilines is 1. The number of thioether (sulfide) groups is 1.